The van der Waals surface area contributed by atoms with Gasteiger partial charge in [-0.15, -0.1) is 11.3 Å². The molecule has 0 spiro atoms. The molecule has 0 radical (unpaired) electrons. The standard InChI is InChI=1S/C20H21N3OS/c1-14-19(25-13-22-14)20(24)23-10-7-15(8-11-23)12-17-5-2-4-16-6-3-9-21-18(16)17/h2-6,9,13,15H,7-8,10-12H2,1H3. The van der Waals surface area contributed by atoms with Crippen molar-refractivity contribution < 1.29 is 4.79 Å². The zero-order chi connectivity index (χ0) is 17.2. The van der Waals surface area contributed by atoms with Gasteiger partial charge in [0.2, 0.25) is 0 Å². The molecule has 1 fully saturated rings. The molecular formula is C20H21N3OS. The van der Waals surface area contributed by atoms with E-state index in [-0.39, 0.29) is 5.91 Å². The van der Waals surface area contributed by atoms with Crippen molar-refractivity contribution in [3.8, 4) is 0 Å². The van der Waals surface area contributed by atoms with Crippen LogP contribution in [0, 0.1) is 12.8 Å². The lowest BCUT2D eigenvalue weighted by atomic mass is 9.89. The summed E-state index contributed by atoms with van der Waals surface area (Å²) in [6.45, 7) is 3.57. The lowest BCUT2D eigenvalue weighted by molar-refractivity contribution is 0.0694. The van der Waals surface area contributed by atoms with Gasteiger partial charge < -0.3 is 4.90 Å². The maximum absolute atomic E-state index is 12.6. The van der Waals surface area contributed by atoms with Crippen molar-refractivity contribution in [1.82, 2.24) is 14.9 Å². The van der Waals surface area contributed by atoms with Crippen LogP contribution in [0.25, 0.3) is 10.9 Å². The largest absolute Gasteiger partial charge is 0.338 e. The second-order valence-electron chi connectivity index (χ2n) is 6.70. The van der Waals surface area contributed by atoms with E-state index in [4.69, 9.17) is 0 Å². The smallest absolute Gasteiger partial charge is 0.265 e. The van der Waals surface area contributed by atoms with Gasteiger partial charge in [0.15, 0.2) is 0 Å². The highest BCUT2D eigenvalue weighted by Crippen LogP contribution is 2.26. The Morgan fingerprint density at radius 3 is 2.76 bits per heavy atom. The second-order valence-corrected chi connectivity index (χ2v) is 7.55. The number of thiazole rings is 1. The third-order valence-corrected chi connectivity index (χ3v) is 5.98. The van der Waals surface area contributed by atoms with Crippen molar-refractivity contribution in [3.63, 3.8) is 0 Å². The van der Waals surface area contributed by atoms with Crippen LogP contribution < -0.4 is 0 Å². The first-order valence-corrected chi connectivity index (χ1v) is 9.62. The van der Waals surface area contributed by atoms with Gasteiger partial charge in [-0.25, -0.2) is 4.98 Å². The minimum absolute atomic E-state index is 0.144. The van der Waals surface area contributed by atoms with E-state index in [0.717, 1.165) is 48.4 Å². The van der Waals surface area contributed by atoms with Gasteiger partial charge in [0, 0.05) is 24.7 Å². The van der Waals surface area contributed by atoms with E-state index < -0.39 is 0 Å². The first-order chi connectivity index (χ1) is 12.2. The summed E-state index contributed by atoms with van der Waals surface area (Å²) in [7, 11) is 0. The van der Waals surface area contributed by atoms with Gasteiger partial charge in [-0.3, -0.25) is 9.78 Å². The summed E-state index contributed by atoms with van der Waals surface area (Å²) in [5, 5.41) is 1.20. The maximum Gasteiger partial charge on any atom is 0.265 e. The highest BCUT2D eigenvalue weighted by Gasteiger charge is 2.26. The molecule has 3 aromatic rings. The highest BCUT2D eigenvalue weighted by atomic mass is 32.1. The van der Waals surface area contributed by atoms with Crippen LogP contribution in [0.3, 0.4) is 0 Å². The zero-order valence-electron chi connectivity index (χ0n) is 14.3. The molecule has 25 heavy (non-hydrogen) atoms. The number of para-hydroxylation sites is 1. The predicted octanol–water partition coefficient (Wildman–Crippen LogP) is 4.09. The number of hydrogen-bond acceptors (Lipinski definition) is 4. The second kappa shape index (κ2) is 6.92. The number of rotatable bonds is 3. The average Bonchev–Trinajstić information content (AvgIpc) is 3.08. The molecule has 1 amide bonds. The summed E-state index contributed by atoms with van der Waals surface area (Å²) in [4.78, 5) is 24.1. The fraction of sp³-hybridized carbons (Fsp3) is 0.350. The SMILES string of the molecule is Cc1ncsc1C(=O)N1CCC(Cc2cccc3cccnc23)CC1. The lowest BCUT2D eigenvalue weighted by Gasteiger charge is -2.32. The molecule has 128 valence electrons. The minimum Gasteiger partial charge on any atom is -0.338 e. The minimum atomic E-state index is 0.144. The third-order valence-electron chi connectivity index (χ3n) is 5.07. The van der Waals surface area contributed by atoms with Crippen LogP contribution in [-0.2, 0) is 6.42 Å². The topological polar surface area (TPSA) is 46.1 Å². The number of carbonyl (C=O) groups is 1. The number of pyridine rings is 1. The van der Waals surface area contributed by atoms with Crippen LogP contribution >= 0.6 is 11.3 Å². The molecule has 1 saturated heterocycles. The summed E-state index contributed by atoms with van der Waals surface area (Å²) in [6, 6.07) is 10.5. The average molecular weight is 351 g/mol. The van der Waals surface area contributed by atoms with Crippen LogP contribution in [0.5, 0.6) is 0 Å². The van der Waals surface area contributed by atoms with Crippen molar-refractivity contribution in [2.75, 3.05) is 13.1 Å². The number of nitrogens with zero attached hydrogens (tertiary/aromatic N) is 3. The fourth-order valence-corrected chi connectivity index (χ4v) is 4.40. The monoisotopic (exact) mass is 351 g/mol. The van der Waals surface area contributed by atoms with E-state index in [1.165, 1.54) is 22.3 Å². The van der Waals surface area contributed by atoms with Crippen molar-refractivity contribution in [1.29, 1.82) is 0 Å². The van der Waals surface area contributed by atoms with Crippen molar-refractivity contribution in [2.24, 2.45) is 5.92 Å². The van der Waals surface area contributed by atoms with Crippen molar-refractivity contribution in [3.05, 3.63) is 58.2 Å². The number of fused-ring (bicyclic) bond motifs is 1. The lowest BCUT2D eigenvalue weighted by Crippen LogP contribution is -2.38. The van der Waals surface area contributed by atoms with Gasteiger partial charge in [0.25, 0.3) is 5.91 Å². The van der Waals surface area contributed by atoms with Crippen molar-refractivity contribution >= 4 is 28.1 Å². The fourth-order valence-electron chi connectivity index (χ4n) is 3.63. The van der Waals surface area contributed by atoms with Gasteiger partial charge in [-0.05, 0) is 43.7 Å². The van der Waals surface area contributed by atoms with Gasteiger partial charge >= 0.3 is 0 Å². The molecule has 1 aliphatic heterocycles. The quantitative estimate of drug-likeness (QED) is 0.714. The highest BCUT2D eigenvalue weighted by molar-refractivity contribution is 7.11. The number of likely N-dealkylation sites (tertiary alicyclic amines) is 1. The Kier molecular flexibility index (Phi) is 4.49. The van der Waals surface area contributed by atoms with Gasteiger partial charge in [0.1, 0.15) is 4.88 Å². The summed E-state index contributed by atoms with van der Waals surface area (Å²) in [5.74, 6) is 0.754. The molecule has 1 aromatic carbocycles. The summed E-state index contributed by atoms with van der Waals surface area (Å²) < 4.78 is 0. The molecule has 4 rings (SSSR count). The molecule has 4 nitrogen and oxygen atoms in total. The molecule has 1 aliphatic rings. The van der Waals surface area contributed by atoms with Crippen LogP contribution in [-0.4, -0.2) is 33.9 Å². The molecule has 3 heterocycles. The molecule has 2 aromatic heterocycles. The Morgan fingerprint density at radius 2 is 2.00 bits per heavy atom. The number of aromatic nitrogens is 2. The number of piperidine rings is 1. The summed E-state index contributed by atoms with van der Waals surface area (Å²) in [5.41, 5.74) is 5.03. The Bertz CT molecular complexity index is 891. The van der Waals surface area contributed by atoms with E-state index in [1.807, 2.05) is 24.1 Å². The Labute approximate surface area is 151 Å². The number of aryl methyl sites for hydroxylation is 1. The number of hydrogen-bond donors (Lipinski definition) is 0. The third kappa shape index (κ3) is 3.29. The maximum atomic E-state index is 12.6. The molecule has 0 saturated carbocycles. The van der Waals surface area contributed by atoms with Gasteiger partial charge in [0.05, 0.1) is 16.7 Å². The Hall–Kier alpha value is -2.27. The van der Waals surface area contributed by atoms with E-state index in [0.29, 0.717) is 5.92 Å². The van der Waals surface area contributed by atoms with Gasteiger partial charge in [-0.1, -0.05) is 24.3 Å². The molecule has 0 N–H and O–H groups in total. The number of amides is 1. The first-order valence-electron chi connectivity index (χ1n) is 8.74. The normalized spacial score (nSPS) is 15.6. The van der Waals surface area contributed by atoms with Crippen LogP contribution in [0.15, 0.2) is 42.0 Å². The Balaban J connectivity index is 1.42. The molecule has 5 heteroatoms. The summed E-state index contributed by atoms with van der Waals surface area (Å²) in [6.07, 6.45) is 5.00. The molecule has 0 bridgehead atoms. The van der Waals surface area contributed by atoms with E-state index in [9.17, 15) is 4.79 Å². The zero-order valence-corrected chi connectivity index (χ0v) is 15.1. The molecular weight excluding hydrogens is 330 g/mol. The van der Waals surface area contributed by atoms with Gasteiger partial charge in [-0.2, -0.15) is 0 Å². The number of carbonyl (C=O) groups excluding carboxylic acids is 1. The Morgan fingerprint density at radius 1 is 1.20 bits per heavy atom. The van der Waals surface area contributed by atoms with E-state index in [2.05, 4.69) is 34.2 Å². The molecule has 0 unspecified atom stereocenters. The van der Waals surface area contributed by atoms with Crippen LogP contribution in [0.2, 0.25) is 0 Å². The predicted molar refractivity (Wildman–Crippen MR) is 101 cm³/mol. The van der Waals surface area contributed by atoms with E-state index in [1.54, 1.807) is 5.51 Å². The number of benzene rings is 1. The molecule has 0 aliphatic carbocycles. The molecule has 0 atom stereocenters. The van der Waals surface area contributed by atoms with Crippen LogP contribution in [0.4, 0.5) is 0 Å². The van der Waals surface area contributed by atoms with Crippen LogP contribution in [0.1, 0.15) is 33.8 Å². The van der Waals surface area contributed by atoms with E-state index >= 15 is 0 Å². The first kappa shape index (κ1) is 16.2. The summed E-state index contributed by atoms with van der Waals surface area (Å²) >= 11 is 1.45. The van der Waals surface area contributed by atoms with Crippen molar-refractivity contribution in [2.45, 2.75) is 26.2 Å².